The van der Waals surface area contributed by atoms with Gasteiger partial charge in [0.1, 0.15) is 0 Å². The van der Waals surface area contributed by atoms with Crippen LogP contribution in [0.15, 0.2) is 88.9 Å². The van der Waals surface area contributed by atoms with Gasteiger partial charge in [-0.15, -0.1) is 10.2 Å². The molecule has 40 heavy (non-hydrogen) atoms. The number of nitrogens with one attached hydrogen (secondary N) is 1. The van der Waals surface area contributed by atoms with E-state index in [-0.39, 0.29) is 22.0 Å². The molecule has 0 spiro atoms. The van der Waals surface area contributed by atoms with Gasteiger partial charge < -0.3 is 5.32 Å². The zero-order valence-corrected chi connectivity index (χ0v) is 24.5. The second-order valence-corrected chi connectivity index (χ2v) is 13.7. The van der Waals surface area contributed by atoms with Gasteiger partial charge in [-0.25, -0.2) is 8.42 Å². The molecule has 1 N–H and O–H groups in total. The van der Waals surface area contributed by atoms with Crippen LogP contribution >= 0.6 is 11.8 Å². The largest absolute Gasteiger partial charge is 0.325 e. The minimum atomic E-state index is -3.58. The number of carbonyl (C=O) groups excluding carboxylic acids is 1. The van der Waals surface area contributed by atoms with Crippen LogP contribution in [0.3, 0.4) is 0 Å². The Balaban J connectivity index is 1.39. The second kappa shape index (κ2) is 11.6. The van der Waals surface area contributed by atoms with Crippen LogP contribution in [0.5, 0.6) is 0 Å². The zero-order chi connectivity index (χ0) is 28.3. The number of sulfonamides is 1. The molecule has 10 heteroatoms. The van der Waals surface area contributed by atoms with Crippen LogP contribution < -0.4 is 5.32 Å². The molecule has 5 rings (SSSR count). The quantitative estimate of drug-likeness (QED) is 0.269. The lowest BCUT2D eigenvalue weighted by Crippen LogP contribution is -2.27. The number of thioether (sulfide) groups is 1. The van der Waals surface area contributed by atoms with Crippen molar-refractivity contribution in [2.75, 3.05) is 24.2 Å². The van der Waals surface area contributed by atoms with Crippen LogP contribution in [0.2, 0.25) is 0 Å². The molecule has 3 aromatic carbocycles. The van der Waals surface area contributed by atoms with Crippen LogP contribution in [0.4, 0.5) is 5.69 Å². The fourth-order valence-corrected chi connectivity index (χ4v) is 6.93. The molecule has 1 amide bonds. The van der Waals surface area contributed by atoms with E-state index in [2.05, 4.69) is 36.3 Å². The van der Waals surface area contributed by atoms with Crippen molar-refractivity contribution in [1.82, 2.24) is 19.1 Å². The average Bonchev–Trinajstić information content (AvgIpc) is 3.64. The summed E-state index contributed by atoms with van der Waals surface area (Å²) >= 11 is 1.27. The van der Waals surface area contributed by atoms with E-state index >= 15 is 0 Å². The maximum absolute atomic E-state index is 13.2. The number of aromatic nitrogens is 3. The Labute approximate surface area is 239 Å². The van der Waals surface area contributed by atoms with Crippen molar-refractivity contribution in [2.24, 2.45) is 0 Å². The van der Waals surface area contributed by atoms with Gasteiger partial charge in [0.15, 0.2) is 11.0 Å². The van der Waals surface area contributed by atoms with Crippen molar-refractivity contribution in [2.45, 2.75) is 49.1 Å². The molecule has 4 aromatic rings. The number of anilines is 1. The van der Waals surface area contributed by atoms with Gasteiger partial charge in [-0.1, -0.05) is 75.0 Å². The van der Waals surface area contributed by atoms with E-state index < -0.39 is 10.0 Å². The summed E-state index contributed by atoms with van der Waals surface area (Å²) in [6.07, 6.45) is 1.75. The van der Waals surface area contributed by atoms with Gasteiger partial charge in [0.2, 0.25) is 15.9 Å². The van der Waals surface area contributed by atoms with E-state index in [1.54, 1.807) is 18.2 Å². The highest BCUT2D eigenvalue weighted by molar-refractivity contribution is 7.99. The number of hydrogen-bond donors (Lipinski definition) is 1. The van der Waals surface area contributed by atoms with Crippen molar-refractivity contribution in [3.8, 4) is 17.1 Å². The number of para-hydroxylation sites is 1. The van der Waals surface area contributed by atoms with Gasteiger partial charge in [0.25, 0.3) is 0 Å². The van der Waals surface area contributed by atoms with E-state index in [0.29, 0.717) is 29.6 Å². The molecule has 0 radical (unpaired) electrons. The lowest BCUT2D eigenvalue weighted by Gasteiger charge is -2.19. The number of hydrogen-bond acceptors (Lipinski definition) is 6. The lowest BCUT2D eigenvalue weighted by molar-refractivity contribution is -0.113. The molecule has 1 saturated heterocycles. The fraction of sp³-hybridized carbons (Fsp3) is 0.300. The van der Waals surface area contributed by atoms with Crippen molar-refractivity contribution in [3.63, 3.8) is 0 Å². The Hall–Kier alpha value is -3.47. The third-order valence-electron chi connectivity index (χ3n) is 6.81. The van der Waals surface area contributed by atoms with E-state index in [9.17, 15) is 13.2 Å². The summed E-state index contributed by atoms with van der Waals surface area (Å²) < 4.78 is 29.8. The van der Waals surface area contributed by atoms with Crippen LogP contribution in [-0.2, 0) is 20.2 Å². The second-order valence-electron chi connectivity index (χ2n) is 10.8. The lowest BCUT2D eigenvalue weighted by atomic mass is 9.87. The Morgan fingerprint density at radius 1 is 0.925 bits per heavy atom. The fourth-order valence-electron chi connectivity index (χ4n) is 4.61. The summed E-state index contributed by atoms with van der Waals surface area (Å²) in [5.41, 5.74) is 3.42. The van der Waals surface area contributed by atoms with E-state index in [1.807, 2.05) is 65.2 Å². The van der Waals surface area contributed by atoms with E-state index in [0.717, 1.165) is 24.2 Å². The van der Waals surface area contributed by atoms with Gasteiger partial charge in [-0.2, -0.15) is 4.31 Å². The first kappa shape index (κ1) is 28.1. The Morgan fingerprint density at radius 2 is 1.62 bits per heavy atom. The van der Waals surface area contributed by atoms with Crippen LogP contribution in [-0.4, -0.2) is 52.2 Å². The summed E-state index contributed by atoms with van der Waals surface area (Å²) in [5.74, 6) is 0.483. The summed E-state index contributed by atoms with van der Waals surface area (Å²) in [5, 5.41) is 12.3. The molecule has 8 nitrogen and oxygen atoms in total. The van der Waals surface area contributed by atoms with Gasteiger partial charge in [-0.3, -0.25) is 9.36 Å². The molecule has 0 atom stereocenters. The maximum Gasteiger partial charge on any atom is 0.243 e. The number of nitrogens with zero attached hydrogens (tertiary/aromatic N) is 4. The third kappa shape index (κ3) is 6.14. The first-order valence-electron chi connectivity index (χ1n) is 13.3. The molecular formula is C30H33N5O3S2. The molecule has 208 valence electrons. The smallest absolute Gasteiger partial charge is 0.243 e. The number of carbonyl (C=O) groups is 1. The van der Waals surface area contributed by atoms with Gasteiger partial charge >= 0.3 is 0 Å². The predicted octanol–water partition coefficient (Wildman–Crippen LogP) is 5.75. The van der Waals surface area contributed by atoms with E-state index in [1.165, 1.54) is 21.6 Å². The van der Waals surface area contributed by atoms with Crippen molar-refractivity contribution >= 4 is 33.4 Å². The minimum absolute atomic E-state index is 0.0372. The van der Waals surface area contributed by atoms with Crippen molar-refractivity contribution in [3.05, 3.63) is 84.4 Å². The minimum Gasteiger partial charge on any atom is -0.325 e. The van der Waals surface area contributed by atoms with E-state index in [4.69, 9.17) is 0 Å². The highest BCUT2D eigenvalue weighted by atomic mass is 32.2. The Bertz CT molecular complexity index is 1590. The molecule has 1 aliphatic heterocycles. The number of amides is 1. The summed E-state index contributed by atoms with van der Waals surface area (Å²) in [4.78, 5) is 13.0. The van der Waals surface area contributed by atoms with Crippen LogP contribution in [0, 0.1) is 0 Å². The third-order valence-corrected chi connectivity index (χ3v) is 9.63. The molecule has 0 saturated carbocycles. The van der Waals surface area contributed by atoms with Gasteiger partial charge in [0.05, 0.1) is 10.6 Å². The Kier molecular flexibility index (Phi) is 8.11. The molecule has 0 aliphatic carbocycles. The van der Waals surface area contributed by atoms with Gasteiger partial charge in [-0.05, 0) is 60.2 Å². The normalized spacial score (nSPS) is 14.4. The van der Waals surface area contributed by atoms with Crippen LogP contribution in [0.1, 0.15) is 39.2 Å². The first-order valence-corrected chi connectivity index (χ1v) is 15.7. The number of benzene rings is 3. The SMILES string of the molecule is CC(C)(C)c1ccc(NC(=O)CSc2nnc(-c3cccc(S(=O)(=O)N4CCCC4)c3)n2-c2ccccc2)cc1. The zero-order valence-electron chi connectivity index (χ0n) is 22.9. The molecule has 2 heterocycles. The molecule has 0 unspecified atom stereocenters. The molecule has 1 fully saturated rings. The standard InChI is InChI=1S/C30H33N5O3S2/c1-30(2,3)23-14-16-24(17-15-23)31-27(36)21-39-29-33-32-28(35(29)25-11-5-4-6-12-25)22-10-9-13-26(20-22)40(37,38)34-18-7-8-19-34/h4-6,9-17,20H,7-8,18-19,21H2,1-3H3,(H,31,36). The predicted molar refractivity (Wildman–Crippen MR) is 159 cm³/mol. The summed E-state index contributed by atoms with van der Waals surface area (Å²) in [7, 11) is -3.58. The summed E-state index contributed by atoms with van der Waals surface area (Å²) in [6.45, 7) is 7.53. The topological polar surface area (TPSA) is 97.2 Å². The molecule has 1 aromatic heterocycles. The monoisotopic (exact) mass is 575 g/mol. The van der Waals surface area contributed by atoms with Crippen molar-refractivity contribution < 1.29 is 13.2 Å². The van der Waals surface area contributed by atoms with Crippen LogP contribution in [0.25, 0.3) is 17.1 Å². The Morgan fingerprint density at radius 3 is 2.30 bits per heavy atom. The molecule has 1 aliphatic rings. The maximum atomic E-state index is 13.2. The first-order chi connectivity index (χ1) is 19.1. The highest BCUT2D eigenvalue weighted by Gasteiger charge is 2.28. The van der Waals surface area contributed by atoms with Gasteiger partial charge in [0, 0.05) is 30.0 Å². The average molecular weight is 576 g/mol. The highest BCUT2D eigenvalue weighted by Crippen LogP contribution is 2.31. The summed E-state index contributed by atoms with van der Waals surface area (Å²) in [6, 6.07) is 24.3. The number of rotatable bonds is 8. The molecule has 0 bridgehead atoms. The molecular weight excluding hydrogens is 542 g/mol. The van der Waals surface area contributed by atoms with Crippen molar-refractivity contribution in [1.29, 1.82) is 0 Å².